The van der Waals surface area contributed by atoms with Crippen LogP contribution >= 0.6 is 0 Å². The molecular weight excluding hydrogens is 382 g/mol. The van der Waals surface area contributed by atoms with Gasteiger partial charge in [-0.2, -0.15) is 0 Å². The zero-order chi connectivity index (χ0) is 21.1. The van der Waals surface area contributed by atoms with Crippen LogP contribution in [-0.4, -0.2) is 50.8 Å². The van der Waals surface area contributed by atoms with E-state index in [-0.39, 0.29) is 23.5 Å². The first-order valence-electron chi connectivity index (χ1n) is 9.80. The Bertz CT molecular complexity index is 1100. The average Bonchev–Trinajstić information content (AvgIpc) is 2.74. The third-order valence-corrected chi connectivity index (χ3v) is 5.08. The topological polar surface area (TPSA) is 126 Å². The highest BCUT2D eigenvalue weighted by Gasteiger charge is 2.22. The molecule has 0 bridgehead atoms. The Hall–Kier alpha value is -3.75. The Balaban J connectivity index is 1.58. The van der Waals surface area contributed by atoms with Gasteiger partial charge in [-0.1, -0.05) is 18.2 Å². The molecule has 154 valence electrons. The van der Waals surface area contributed by atoms with Crippen molar-refractivity contribution in [2.45, 2.75) is 25.8 Å². The van der Waals surface area contributed by atoms with Crippen molar-refractivity contribution in [1.82, 2.24) is 19.9 Å². The van der Waals surface area contributed by atoms with Crippen LogP contribution in [-0.2, 0) is 4.79 Å². The lowest BCUT2D eigenvalue weighted by atomic mass is 10.1. The highest BCUT2D eigenvalue weighted by atomic mass is 16.2. The number of amides is 2. The van der Waals surface area contributed by atoms with Crippen molar-refractivity contribution < 1.29 is 9.59 Å². The molecule has 1 unspecified atom stereocenters. The number of carbonyl (C=O) groups excluding carboxylic acids is 2. The van der Waals surface area contributed by atoms with Crippen LogP contribution in [0.4, 0.5) is 17.3 Å². The predicted octanol–water partition coefficient (Wildman–Crippen LogP) is 2.29. The van der Waals surface area contributed by atoms with Gasteiger partial charge in [0.05, 0.1) is 23.6 Å². The zero-order valence-corrected chi connectivity index (χ0v) is 16.6. The Labute approximate surface area is 173 Å². The second kappa shape index (κ2) is 8.32. The van der Waals surface area contributed by atoms with Gasteiger partial charge < -0.3 is 21.3 Å². The molecule has 1 aliphatic rings. The number of hydrogen-bond donors (Lipinski definition) is 3. The number of nitrogens with two attached hydrogens (primary N) is 1. The summed E-state index contributed by atoms with van der Waals surface area (Å²) in [7, 11) is 0. The molecule has 9 heteroatoms. The van der Waals surface area contributed by atoms with Gasteiger partial charge in [0.1, 0.15) is 5.82 Å². The number of likely N-dealkylation sites (tertiary alicyclic amines) is 1. The molecule has 30 heavy (non-hydrogen) atoms. The number of aromatic nitrogens is 3. The Kier molecular flexibility index (Phi) is 5.42. The number of benzene rings is 1. The third-order valence-electron chi connectivity index (χ3n) is 5.08. The minimum absolute atomic E-state index is 0.0442. The van der Waals surface area contributed by atoms with E-state index in [4.69, 9.17) is 5.73 Å². The molecule has 0 aliphatic carbocycles. The number of piperidine rings is 1. The molecule has 4 rings (SSSR count). The van der Waals surface area contributed by atoms with Crippen LogP contribution in [0.3, 0.4) is 0 Å². The molecule has 9 nitrogen and oxygen atoms in total. The molecule has 2 amide bonds. The second-order valence-corrected chi connectivity index (χ2v) is 7.31. The summed E-state index contributed by atoms with van der Waals surface area (Å²) in [6.07, 6.45) is 4.98. The smallest absolute Gasteiger partial charge is 0.271 e. The summed E-state index contributed by atoms with van der Waals surface area (Å²) >= 11 is 0. The molecule has 1 aromatic carbocycles. The molecule has 0 saturated carbocycles. The van der Waals surface area contributed by atoms with Gasteiger partial charge in [-0.3, -0.25) is 14.6 Å². The molecule has 1 aliphatic heterocycles. The van der Waals surface area contributed by atoms with Crippen LogP contribution in [0.25, 0.3) is 10.9 Å². The SMILES string of the molecule is CC(=O)N1CCCC(Nc2cnc(C(N)=O)c(Nc3cnc4ccccc4c3)n2)C1. The summed E-state index contributed by atoms with van der Waals surface area (Å²) in [6, 6.07) is 9.71. The van der Waals surface area contributed by atoms with E-state index < -0.39 is 5.91 Å². The number of pyridine rings is 1. The first-order chi connectivity index (χ1) is 14.5. The molecule has 2 aromatic heterocycles. The normalized spacial score (nSPS) is 16.3. The number of fused-ring (bicyclic) bond motifs is 1. The average molecular weight is 405 g/mol. The first-order valence-corrected chi connectivity index (χ1v) is 9.80. The maximum atomic E-state index is 11.8. The lowest BCUT2D eigenvalue weighted by Crippen LogP contribution is -2.44. The highest BCUT2D eigenvalue weighted by molar-refractivity contribution is 5.96. The van der Waals surface area contributed by atoms with E-state index in [1.807, 2.05) is 35.2 Å². The van der Waals surface area contributed by atoms with E-state index in [9.17, 15) is 9.59 Å². The summed E-state index contributed by atoms with van der Waals surface area (Å²) < 4.78 is 0. The summed E-state index contributed by atoms with van der Waals surface area (Å²) in [5.74, 6) is 0.143. The Morgan fingerprint density at radius 2 is 2.03 bits per heavy atom. The molecule has 4 N–H and O–H groups in total. The maximum Gasteiger partial charge on any atom is 0.271 e. The number of rotatable bonds is 5. The van der Waals surface area contributed by atoms with Crippen molar-refractivity contribution in [2.24, 2.45) is 5.73 Å². The van der Waals surface area contributed by atoms with E-state index >= 15 is 0 Å². The molecule has 3 aromatic rings. The number of primary amides is 1. The fourth-order valence-electron chi connectivity index (χ4n) is 3.59. The van der Waals surface area contributed by atoms with Crippen LogP contribution in [0.2, 0.25) is 0 Å². The number of nitrogens with one attached hydrogen (secondary N) is 2. The van der Waals surface area contributed by atoms with Crippen molar-refractivity contribution in [3.8, 4) is 0 Å². The largest absolute Gasteiger partial charge is 0.364 e. The van der Waals surface area contributed by atoms with Crippen LogP contribution < -0.4 is 16.4 Å². The van der Waals surface area contributed by atoms with E-state index in [0.717, 1.165) is 30.3 Å². The van der Waals surface area contributed by atoms with Gasteiger partial charge in [0, 0.05) is 31.4 Å². The van der Waals surface area contributed by atoms with Crippen LogP contribution in [0, 0.1) is 0 Å². The van der Waals surface area contributed by atoms with Gasteiger partial charge in [0.15, 0.2) is 11.5 Å². The van der Waals surface area contributed by atoms with E-state index in [1.54, 1.807) is 13.1 Å². The van der Waals surface area contributed by atoms with Crippen molar-refractivity contribution in [3.05, 3.63) is 48.4 Å². The quantitative estimate of drug-likeness (QED) is 0.594. The zero-order valence-electron chi connectivity index (χ0n) is 16.6. The minimum Gasteiger partial charge on any atom is -0.364 e. The third kappa shape index (κ3) is 4.29. The van der Waals surface area contributed by atoms with Crippen LogP contribution in [0.15, 0.2) is 42.7 Å². The highest BCUT2D eigenvalue weighted by Crippen LogP contribution is 2.23. The van der Waals surface area contributed by atoms with E-state index in [1.165, 1.54) is 6.20 Å². The van der Waals surface area contributed by atoms with Crippen molar-refractivity contribution >= 4 is 40.0 Å². The summed E-state index contributed by atoms with van der Waals surface area (Å²) in [5.41, 5.74) is 7.06. The monoisotopic (exact) mass is 405 g/mol. The number of anilines is 3. The summed E-state index contributed by atoms with van der Waals surface area (Å²) in [6.45, 7) is 2.94. The van der Waals surface area contributed by atoms with Gasteiger partial charge >= 0.3 is 0 Å². The van der Waals surface area contributed by atoms with E-state index in [0.29, 0.717) is 18.1 Å². The lowest BCUT2D eigenvalue weighted by molar-refractivity contribution is -0.129. The molecule has 1 saturated heterocycles. The van der Waals surface area contributed by atoms with Crippen molar-refractivity contribution in [1.29, 1.82) is 0 Å². The van der Waals surface area contributed by atoms with Gasteiger partial charge in [-0.25, -0.2) is 9.97 Å². The molecule has 0 radical (unpaired) electrons. The van der Waals surface area contributed by atoms with Crippen molar-refractivity contribution in [2.75, 3.05) is 23.7 Å². The van der Waals surface area contributed by atoms with Gasteiger partial charge in [0.2, 0.25) is 5.91 Å². The summed E-state index contributed by atoms with van der Waals surface area (Å²) in [5, 5.41) is 7.38. The number of carbonyl (C=O) groups is 2. The van der Waals surface area contributed by atoms with Gasteiger partial charge in [-0.05, 0) is 25.0 Å². The fourth-order valence-corrected chi connectivity index (χ4v) is 3.59. The Morgan fingerprint density at radius 3 is 2.83 bits per heavy atom. The van der Waals surface area contributed by atoms with Gasteiger partial charge in [0.25, 0.3) is 5.91 Å². The molecular formula is C21H23N7O2. The molecule has 0 spiro atoms. The van der Waals surface area contributed by atoms with E-state index in [2.05, 4.69) is 25.6 Å². The molecule has 1 fully saturated rings. The maximum absolute atomic E-state index is 11.8. The number of nitrogens with zero attached hydrogens (tertiary/aromatic N) is 4. The summed E-state index contributed by atoms with van der Waals surface area (Å²) in [4.78, 5) is 38.4. The fraction of sp³-hybridized carbons (Fsp3) is 0.286. The van der Waals surface area contributed by atoms with Gasteiger partial charge in [-0.15, -0.1) is 0 Å². The first kappa shape index (κ1) is 19.6. The Morgan fingerprint density at radius 1 is 1.20 bits per heavy atom. The number of para-hydroxylation sites is 1. The lowest BCUT2D eigenvalue weighted by Gasteiger charge is -2.32. The predicted molar refractivity (Wildman–Crippen MR) is 114 cm³/mol. The minimum atomic E-state index is -0.675. The van der Waals surface area contributed by atoms with Crippen molar-refractivity contribution in [3.63, 3.8) is 0 Å². The molecule has 1 atom stereocenters. The van der Waals surface area contributed by atoms with Crippen LogP contribution in [0.1, 0.15) is 30.3 Å². The standard InChI is InChI=1S/C21H23N7O2/c1-13(29)28-8-4-6-15(12-28)25-18-11-24-19(20(22)30)21(27-18)26-16-9-14-5-2-3-7-17(14)23-10-16/h2-3,5,7,9-11,15H,4,6,8,12H2,1H3,(H2,22,30)(H2,25,26,27). The number of hydrogen-bond acceptors (Lipinski definition) is 7. The second-order valence-electron chi connectivity index (χ2n) is 7.31. The molecule has 3 heterocycles. The van der Waals surface area contributed by atoms with Crippen LogP contribution in [0.5, 0.6) is 0 Å².